The molecule has 1 saturated heterocycles. The van der Waals surface area contributed by atoms with Gasteiger partial charge >= 0.3 is 0 Å². The smallest absolute Gasteiger partial charge is 0.248 e. The van der Waals surface area contributed by atoms with Gasteiger partial charge in [-0.2, -0.15) is 0 Å². The summed E-state index contributed by atoms with van der Waals surface area (Å²) in [5, 5.41) is 1.35. The second kappa shape index (κ2) is 2.64. The molecular weight excluding hydrogens is 118 g/mol. The van der Waals surface area contributed by atoms with Gasteiger partial charge in [-0.25, -0.2) is 5.06 Å². The minimum atomic E-state index is 0.0665. The van der Waals surface area contributed by atoms with Crippen LogP contribution in [0.2, 0.25) is 0 Å². The van der Waals surface area contributed by atoms with Crippen molar-refractivity contribution >= 4 is 5.91 Å². The van der Waals surface area contributed by atoms with Gasteiger partial charge in [0.2, 0.25) is 5.91 Å². The fourth-order valence-corrected chi connectivity index (χ4v) is 0.574. The summed E-state index contributed by atoms with van der Waals surface area (Å²) >= 11 is 0. The molecule has 0 bridgehead atoms. The maximum absolute atomic E-state index is 10.5. The van der Waals surface area contributed by atoms with E-state index in [1.54, 1.807) is 6.08 Å². The van der Waals surface area contributed by atoms with Gasteiger partial charge < -0.3 is 0 Å². The first-order valence-corrected chi connectivity index (χ1v) is 2.89. The zero-order valence-electron chi connectivity index (χ0n) is 5.17. The molecule has 50 valence electrons. The second-order valence-electron chi connectivity index (χ2n) is 1.83. The number of β-lactam (4-membered cyclic amide) rings is 1. The van der Waals surface area contributed by atoms with Crippen molar-refractivity contribution in [3.63, 3.8) is 0 Å². The monoisotopic (exact) mass is 127 g/mol. The van der Waals surface area contributed by atoms with Crippen molar-refractivity contribution in [2.24, 2.45) is 0 Å². The van der Waals surface area contributed by atoms with E-state index >= 15 is 0 Å². The largest absolute Gasteiger partial charge is 0.273 e. The quantitative estimate of drug-likeness (QED) is 0.404. The highest BCUT2D eigenvalue weighted by molar-refractivity contribution is 5.80. The van der Waals surface area contributed by atoms with Crippen molar-refractivity contribution in [1.29, 1.82) is 0 Å². The molecule has 0 aromatic heterocycles. The molecule has 9 heavy (non-hydrogen) atoms. The van der Waals surface area contributed by atoms with Crippen molar-refractivity contribution in [1.82, 2.24) is 5.06 Å². The highest BCUT2D eigenvalue weighted by Crippen LogP contribution is 2.07. The number of nitrogens with zero attached hydrogens (tertiary/aromatic N) is 1. The first-order valence-electron chi connectivity index (χ1n) is 2.89. The van der Waals surface area contributed by atoms with Crippen LogP contribution in [-0.4, -0.2) is 24.1 Å². The van der Waals surface area contributed by atoms with Crippen LogP contribution in [0.3, 0.4) is 0 Å². The molecular formula is C6H9NO2. The molecule has 3 heteroatoms. The third-order valence-electron chi connectivity index (χ3n) is 1.16. The average molecular weight is 127 g/mol. The topological polar surface area (TPSA) is 29.5 Å². The lowest BCUT2D eigenvalue weighted by molar-refractivity contribution is -0.202. The van der Waals surface area contributed by atoms with Gasteiger partial charge in [0.25, 0.3) is 0 Å². The predicted molar refractivity (Wildman–Crippen MR) is 32.5 cm³/mol. The lowest BCUT2D eigenvalue weighted by Gasteiger charge is -2.28. The first kappa shape index (κ1) is 6.29. The Kier molecular flexibility index (Phi) is 1.85. The number of carbonyl (C=O) groups excluding carboxylic acids is 1. The fraction of sp³-hybridized carbons (Fsp3) is 0.500. The van der Waals surface area contributed by atoms with Crippen molar-refractivity contribution in [2.45, 2.75) is 6.42 Å². The van der Waals surface area contributed by atoms with Crippen molar-refractivity contribution in [2.75, 3.05) is 13.2 Å². The molecule has 1 fully saturated rings. The minimum absolute atomic E-state index is 0.0665. The minimum Gasteiger partial charge on any atom is -0.273 e. The molecule has 0 aliphatic carbocycles. The van der Waals surface area contributed by atoms with E-state index in [2.05, 4.69) is 6.58 Å². The Morgan fingerprint density at radius 3 is 3.00 bits per heavy atom. The average Bonchev–Trinajstić information content (AvgIpc) is 1.86. The number of hydrogen-bond acceptors (Lipinski definition) is 2. The Hall–Kier alpha value is -0.830. The van der Waals surface area contributed by atoms with E-state index in [1.807, 2.05) is 0 Å². The van der Waals surface area contributed by atoms with E-state index in [9.17, 15) is 4.79 Å². The number of hydrogen-bond donors (Lipinski definition) is 0. The Bertz CT molecular complexity index is 133. The van der Waals surface area contributed by atoms with Crippen LogP contribution in [0, 0.1) is 0 Å². The molecule has 0 aromatic rings. The van der Waals surface area contributed by atoms with Gasteiger partial charge in [0.15, 0.2) is 0 Å². The second-order valence-corrected chi connectivity index (χ2v) is 1.83. The summed E-state index contributed by atoms with van der Waals surface area (Å²) in [4.78, 5) is 15.4. The molecule has 0 aromatic carbocycles. The van der Waals surface area contributed by atoms with Crippen molar-refractivity contribution in [3.05, 3.63) is 12.7 Å². The van der Waals surface area contributed by atoms with Crippen LogP contribution in [0.25, 0.3) is 0 Å². The van der Waals surface area contributed by atoms with Crippen molar-refractivity contribution in [3.8, 4) is 0 Å². The van der Waals surface area contributed by atoms with E-state index in [1.165, 1.54) is 5.06 Å². The van der Waals surface area contributed by atoms with E-state index in [0.717, 1.165) is 6.54 Å². The molecule has 1 amide bonds. The van der Waals surface area contributed by atoms with Gasteiger partial charge in [-0.3, -0.25) is 9.63 Å². The number of hydroxylamine groups is 2. The molecule has 0 radical (unpaired) electrons. The first-order chi connectivity index (χ1) is 4.34. The predicted octanol–water partition coefficient (Wildman–Crippen LogP) is 0.336. The van der Waals surface area contributed by atoms with Crippen LogP contribution < -0.4 is 0 Å². The molecule has 1 heterocycles. The molecule has 0 saturated carbocycles. The fourth-order valence-electron chi connectivity index (χ4n) is 0.574. The van der Waals surface area contributed by atoms with Crippen LogP contribution in [0.1, 0.15) is 6.42 Å². The summed E-state index contributed by atoms with van der Waals surface area (Å²) in [6.45, 7) is 4.60. The van der Waals surface area contributed by atoms with Crippen LogP contribution >= 0.6 is 0 Å². The van der Waals surface area contributed by atoms with Gasteiger partial charge in [0, 0.05) is 6.42 Å². The normalized spacial score (nSPS) is 17.3. The Labute approximate surface area is 53.9 Å². The SMILES string of the molecule is C=CCON1CCC1=O. The van der Waals surface area contributed by atoms with Gasteiger partial charge in [-0.15, -0.1) is 6.58 Å². The number of amides is 1. The third kappa shape index (κ3) is 1.29. The highest BCUT2D eigenvalue weighted by Gasteiger charge is 2.23. The van der Waals surface area contributed by atoms with Gasteiger partial charge in [-0.05, 0) is 0 Å². The zero-order chi connectivity index (χ0) is 6.69. The lowest BCUT2D eigenvalue weighted by Crippen LogP contribution is -2.43. The Morgan fingerprint density at radius 2 is 2.67 bits per heavy atom. The van der Waals surface area contributed by atoms with Crippen LogP contribution in [-0.2, 0) is 9.63 Å². The standard InChI is InChI=1S/C6H9NO2/c1-2-5-9-7-4-3-6(7)8/h2H,1,3-5H2. The molecule has 0 spiro atoms. The molecule has 3 nitrogen and oxygen atoms in total. The summed E-state index contributed by atoms with van der Waals surface area (Å²) in [7, 11) is 0. The molecule has 1 aliphatic rings. The van der Waals surface area contributed by atoms with Crippen LogP contribution in [0.5, 0.6) is 0 Å². The molecule has 0 atom stereocenters. The highest BCUT2D eigenvalue weighted by atomic mass is 16.7. The van der Waals surface area contributed by atoms with Crippen LogP contribution in [0.4, 0.5) is 0 Å². The number of rotatable bonds is 3. The third-order valence-corrected chi connectivity index (χ3v) is 1.16. The maximum atomic E-state index is 10.5. The van der Waals surface area contributed by atoms with E-state index in [-0.39, 0.29) is 5.91 Å². The maximum Gasteiger partial charge on any atom is 0.248 e. The van der Waals surface area contributed by atoms with Crippen molar-refractivity contribution < 1.29 is 9.63 Å². The number of carbonyl (C=O) groups is 1. The van der Waals surface area contributed by atoms with E-state index in [4.69, 9.17) is 4.84 Å². The Balaban J connectivity index is 2.13. The molecule has 0 unspecified atom stereocenters. The summed E-state index contributed by atoms with van der Waals surface area (Å²) in [5.74, 6) is 0.0665. The Morgan fingerprint density at radius 1 is 1.89 bits per heavy atom. The van der Waals surface area contributed by atoms with Gasteiger partial charge in [-0.1, -0.05) is 6.08 Å². The van der Waals surface area contributed by atoms with Gasteiger partial charge in [0.05, 0.1) is 13.2 Å². The summed E-state index contributed by atoms with van der Waals surface area (Å²) < 4.78 is 0. The lowest BCUT2D eigenvalue weighted by atomic mass is 10.3. The summed E-state index contributed by atoms with van der Waals surface area (Å²) in [6.07, 6.45) is 2.24. The molecule has 1 rings (SSSR count). The molecule has 1 aliphatic heterocycles. The zero-order valence-corrected chi connectivity index (χ0v) is 5.17. The summed E-state index contributed by atoms with van der Waals surface area (Å²) in [6, 6.07) is 0. The summed E-state index contributed by atoms with van der Waals surface area (Å²) in [5.41, 5.74) is 0. The van der Waals surface area contributed by atoms with Gasteiger partial charge in [0.1, 0.15) is 0 Å². The molecule has 0 N–H and O–H groups in total. The van der Waals surface area contributed by atoms with Crippen LogP contribution in [0.15, 0.2) is 12.7 Å². The van der Waals surface area contributed by atoms with E-state index < -0.39 is 0 Å². The van der Waals surface area contributed by atoms with E-state index in [0.29, 0.717) is 13.0 Å².